The number of nitrogen functional groups attached to an aromatic ring is 1. The molecule has 4 aromatic rings. The summed E-state index contributed by atoms with van der Waals surface area (Å²) in [5, 5.41) is 14.2. The highest BCUT2D eigenvalue weighted by Crippen LogP contribution is 2.41. The van der Waals surface area contributed by atoms with Crippen LogP contribution in [0.5, 0.6) is 11.5 Å². The lowest BCUT2D eigenvalue weighted by molar-refractivity contribution is -0.383. The minimum absolute atomic E-state index is 0.0352. The average molecular weight is 708 g/mol. The molecule has 0 radical (unpaired) electrons. The van der Waals surface area contributed by atoms with Crippen LogP contribution in [0.1, 0.15) is 29.9 Å². The maximum absolute atomic E-state index is 14.3. The molecule has 0 spiro atoms. The maximum atomic E-state index is 14.3. The molecule has 0 saturated carbocycles. The van der Waals surface area contributed by atoms with Crippen molar-refractivity contribution in [2.75, 3.05) is 5.73 Å². The lowest BCUT2D eigenvalue weighted by Gasteiger charge is -2.11. The third-order valence-corrected chi connectivity index (χ3v) is 6.88. The van der Waals surface area contributed by atoms with Gasteiger partial charge in [-0.25, -0.2) is 9.18 Å². The normalized spacial score (nSPS) is 11.1. The number of nitrogens with two attached hydrogens (primary N) is 1. The van der Waals surface area contributed by atoms with Crippen molar-refractivity contribution < 1.29 is 36.8 Å². The molecule has 43 heavy (non-hydrogen) atoms. The number of carbonyl (C=O) groups is 1. The Balaban J connectivity index is 0.000000248. The zero-order valence-electron chi connectivity index (χ0n) is 22.4. The van der Waals surface area contributed by atoms with Gasteiger partial charge in [-0.05, 0) is 60.1 Å². The van der Waals surface area contributed by atoms with Crippen LogP contribution in [0, 0.1) is 15.9 Å². The predicted molar refractivity (Wildman–Crippen MR) is 156 cm³/mol. The van der Waals surface area contributed by atoms with Crippen molar-refractivity contribution in [3.8, 4) is 22.8 Å². The van der Waals surface area contributed by atoms with Crippen LogP contribution >= 0.6 is 39.1 Å². The van der Waals surface area contributed by atoms with E-state index in [1.54, 1.807) is 38.1 Å². The summed E-state index contributed by atoms with van der Waals surface area (Å²) in [7, 11) is 1.08. The quantitative estimate of drug-likeness (QED) is 0.0698. The van der Waals surface area contributed by atoms with Gasteiger partial charge in [0.15, 0.2) is 5.69 Å². The van der Waals surface area contributed by atoms with Crippen LogP contribution in [0.3, 0.4) is 0 Å². The molecular formula is C27H21BrCl2F4N4O5. The van der Waals surface area contributed by atoms with Gasteiger partial charge in [0.05, 0.1) is 26.1 Å². The predicted octanol–water partition coefficient (Wildman–Crippen LogP) is 8.85. The fraction of sp³-hybridized carbons (Fsp3) is 0.185. The lowest BCUT2D eigenvalue weighted by Crippen LogP contribution is -2.12. The SMILES string of the molecule is CC(C)OC(=O)c1cc(-c2nn(C)c(C(F)(F)F)c2Br)c(F)cc1Cl.Nc1c([N+](=O)[O-])ccc(Oc2ccccc2)c1Cl. The van der Waals surface area contributed by atoms with Crippen LogP contribution < -0.4 is 10.5 Å². The minimum atomic E-state index is -4.69. The summed E-state index contributed by atoms with van der Waals surface area (Å²) in [6.07, 6.45) is -5.14. The molecule has 0 aliphatic carbocycles. The topological polar surface area (TPSA) is 123 Å². The van der Waals surface area contributed by atoms with Crippen molar-refractivity contribution in [2.45, 2.75) is 26.1 Å². The number of halogens is 7. The van der Waals surface area contributed by atoms with Crippen molar-refractivity contribution >= 4 is 56.5 Å². The molecule has 0 aliphatic heterocycles. The van der Waals surface area contributed by atoms with Crippen LogP contribution in [-0.4, -0.2) is 26.8 Å². The number of rotatable bonds is 6. The molecule has 3 aromatic carbocycles. The number of hydrogen-bond acceptors (Lipinski definition) is 7. The monoisotopic (exact) mass is 706 g/mol. The van der Waals surface area contributed by atoms with Crippen LogP contribution in [0.2, 0.25) is 10.0 Å². The molecule has 2 N–H and O–H groups in total. The zero-order valence-corrected chi connectivity index (χ0v) is 25.5. The Hall–Kier alpha value is -3.88. The van der Waals surface area contributed by atoms with E-state index in [9.17, 15) is 32.5 Å². The van der Waals surface area contributed by atoms with Gasteiger partial charge in [0.25, 0.3) is 5.69 Å². The molecule has 0 unspecified atom stereocenters. The summed E-state index contributed by atoms with van der Waals surface area (Å²) < 4.78 is 64.1. The van der Waals surface area contributed by atoms with Gasteiger partial charge >= 0.3 is 12.1 Å². The molecule has 1 aromatic heterocycles. The van der Waals surface area contributed by atoms with E-state index in [-0.39, 0.29) is 44.0 Å². The number of aryl methyl sites for hydroxylation is 1. The van der Waals surface area contributed by atoms with Crippen LogP contribution in [0.25, 0.3) is 11.3 Å². The van der Waals surface area contributed by atoms with E-state index >= 15 is 0 Å². The first-order chi connectivity index (χ1) is 20.0. The number of carbonyl (C=O) groups excluding carboxylic acids is 1. The van der Waals surface area contributed by atoms with Gasteiger partial charge in [0.1, 0.15) is 33.7 Å². The molecule has 228 valence electrons. The molecule has 0 fully saturated rings. The number of anilines is 1. The molecule has 16 heteroatoms. The maximum Gasteiger partial charge on any atom is 0.434 e. The van der Waals surface area contributed by atoms with Gasteiger partial charge in [0, 0.05) is 18.7 Å². The summed E-state index contributed by atoms with van der Waals surface area (Å²) in [5.74, 6) is -0.874. The van der Waals surface area contributed by atoms with E-state index in [0.29, 0.717) is 10.4 Å². The van der Waals surface area contributed by atoms with Gasteiger partial charge in [-0.3, -0.25) is 14.8 Å². The van der Waals surface area contributed by atoms with E-state index in [2.05, 4.69) is 21.0 Å². The van der Waals surface area contributed by atoms with Crippen molar-refractivity contribution in [2.24, 2.45) is 7.05 Å². The molecule has 0 amide bonds. The fourth-order valence-electron chi connectivity index (χ4n) is 3.56. The molecule has 0 bridgehead atoms. The molecule has 0 aliphatic rings. The summed E-state index contributed by atoms with van der Waals surface area (Å²) in [4.78, 5) is 22.1. The standard InChI is InChI=1S/C15H12BrClF4N2O2.C12H9ClN2O3/c1-6(2)25-14(24)7-4-8(10(18)5-9(7)17)12-11(16)13(15(19,20)21)23(3)22-12;13-11-10(18-8-4-2-1-3-5-8)7-6-9(12(11)14)15(16)17/h4-6H,1-3H3;1-7H,14H2. The third-order valence-electron chi connectivity index (χ3n) is 5.42. The number of aromatic nitrogens is 2. The van der Waals surface area contributed by atoms with E-state index in [4.69, 9.17) is 38.4 Å². The first-order valence-corrected chi connectivity index (χ1v) is 13.5. The van der Waals surface area contributed by atoms with Crippen molar-refractivity contribution in [3.63, 3.8) is 0 Å². The second-order valence-corrected chi connectivity index (χ2v) is 10.5. The number of nitro groups is 1. The highest BCUT2D eigenvalue weighted by atomic mass is 79.9. The van der Waals surface area contributed by atoms with E-state index in [0.717, 1.165) is 19.2 Å². The average Bonchev–Trinajstić information content (AvgIpc) is 3.21. The molecule has 0 saturated heterocycles. The highest BCUT2D eigenvalue weighted by Gasteiger charge is 2.39. The summed E-state index contributed by atoms with van der Waals surface area (Å²) >= 11 is 14.6. The van der Waals surface area contributed by atoms with Crippen molar-refractivity contribution in [1.29, 1.82) is 0 Å². The van der Waals surface area contributed by atoms with Crippen LogP contribution in [0.4, 0.5) is 28.9 Å². The van der Waals surface area contributed by atoms with Crippen molar-refractivity contribution in [1.82, 2.24) is 9.78 Å². The van der Waals surface area contributed by atoms with Crippen molar-refractivity contribution in [3.05, 3.63) is 96.3 Å². The minimum Gasteiger partial charge on any atom is -0.459 e. The Morgan fingerprint density at radius 3 is 2.30 bits per heavy atom. The number of ether oxygens (including phenoxy) is 2. The van der Waals surface area contributed by atoms with Gasteiger partial charge < -0.3 is 15.2 Å². The Morgan fingerprint density at radius 2 is 1.77 bits per heavy atom. The van der Waals surface area contributed by atoms with Gasteiger partial charge in [0.2, 0.25) is 0 Å². The Bertz CT molecular complexity index is 1670. The van der Waals surface area contributed by atoms with Crippen LogP contribution in [0.15, 0.2) is 59.1 Å². The zero-order chi connectivity index (χ0) is 32.2. The molecule has 0 atom stereocenters. The smallest absolute Gasteiger partial charge is 0.434 e. The Labute approximate surface area is 260 Å². The number of hydrogen-bond donors (Lipinski definition) is 1. The number of alkyl halides is 3. The second kappa shape index (κ2) is 13.6. The van der Waals surface area contributed by atoms with Gasteiger partial charge in [-0.2, -0.15) is 18.3 Å². The number of benzene rings is 3. The van der Waals surface area contributed by atoms with E-state index in [1.165, 1.54) is 12.1 Å². The van der Waals surface area contributed by atoms with Gasteiger partial charge in [-0.15, -0.1) is 0 Å². The second-order valence-electron chi connectivity index (χ2n) is 8.88. The first kappa shape index (κ1) is 33.6. The molecule has 4 rings (SSSR count). The fourth-order valence-corrected chi connectivity index (χ4v) is 4.76. The Kier molecular flexibility index (Phi) is 10.6. The molecular weight excluding hydrogens is 687 g/mol. The molecule has 1 heterocycles. The lowest BCUT2D eigenvalue weighted by atomic mass is 10.1. The Morgan fingerprint density at radius 1 is 1.14 bits per heavy atom. The molecule has 9 nitrogen and oxygen atoms in total. The van der Waals surface area contributed by atoms with Crippen LogP contribution in [-0.2, 0) is 18.0 Å². The largest absolute Gasteiger partial charge is 0.459 e. The summed E-state index contributed by atoms with van der Waals surface area (Å²) in [6.45, 7) is 3.22. The number of para-hydroxylation sites is 1. The number of nitrogens with zero attached hydrogens (tertiary/aromatic N) is 3. The van der Waals surface area contributed by atoms with Gasteiger partial charge in [-0.1, -0.05) is 41.4 Å². The first-order valence-electron chi connectivity index (χ1n) is 12.0. The number of nitro benzene ring substituents is 1. The highest BCUT2D eigenvalue weighted by molar-refractivity contribution is 9.10. The summed E-state index contributed by atoms with van der Waals surface area (Å²) in [6, 6.07) is 13.5. The third kappa shape index (κ3) is 7.94. The summed E-state index contributed by atoms with van der Waals surface area (Å²) in [5.41, 5.74) is 3.39. The van der Waals surface area contributed by atoms with E-state index in [1.807, 2.05) is 6.07 Å². The van der Waals surface area contributed by atoms with E-state index < -0.39 is 39.2 Å². The number of esters is 1.